The second-order valence-corrected chi connectivity index (χ2v) is 6.91. The van der Waals surface area contributed by atoms with Crippen LogP contribution in [0.3, 0.4) is 0 Å². The molecule has 136 valence electrons. The first kappa shape index (κ1) is 17.2. The Labute approximate surface area is 157 Å². The van der Waals surface area contributed by atoms with Gasteiger partial charge in [-0.3, -0.25) is 0 Å². The van der Waals surface area contributed by atoms with Gasteiger partial charge in [0.05, 0.1) is 22.7 Å². The maximum absolute atomic E-state index is 8.94. The van der Waals surface area contributed by atoms with Crippen molar-refractivity contribution in [3.8, 4) is 17.3 Å². The summed E-state index contributed by atoms with van der Waals surface area (Å²) >= 11 is 0. The largest absolute Gasteiger partial charge is 0.383 e. The molecule has 0 amide bonds. The van der Waals surface area contributed by atoms with Crippen LogP contribution < -0.4 is 11.1 Å². The summed E-state index contributed by atoms with van der Waals surface area (Å²) in [5, 5.41) is 13.1. The monoisotopic (exact) mass is 359 g/mol. The fraction of sp³-hybridized carbons (Fsp3) is 0.300. The third-order valence-electron chi connectivity index (χ3n) is 4.95. The second kappa shape index (κ2) is 7.17. The smallest absolute Gasteiger partial charge is 0.226 e. The SMILES string of the molecule is CN1CCC(Nc2nc(N)c3ccc(-c4ccc(C#N)cc4)nc3n2)CC1. The molecular weight excluding hydrogens is 338 g/mol. The van der Waals surface area contributed by atoms with Crippen molar-refractivity contribution < 1.29 is 0 Å². The lowest BCUT2D eigenvalue weighted by molar-refractivity contribution is 0.263. The molecule has 0 radical (unpaired) electrons. The van der Waals surface area contributed by atoms with E-state index in [2.05, 4.69) is 38.3 Å². The number of nitriles is 1. The van der Waals surface area contributed by atoms with E-state index < -0.39 is 0 Å². The van der Waals surface area contributed by atoms with Crippen molar-refractivity contribution in [3.63, 3.8) is 0 Å². The highest BCUT2D eigenvalue weighted by Gasteiger charge is 2.18. The number of fused-ring (bicyclic) bond motifs is 1. The number of pyridine rings is 1. The summed E-state index contributed by atoms with van der Waals surface area (Å²) in [5.41, 5.74) is 9.04. The van der Waals surface area contributed by atoms with Crippen LogP contribution in [0.1, 0.15) is 18.4 Å². The molecule has 1 saturated heterocycles. The van der Waals surface area contributed by atoms with Gasteiger partial charge in [-0.15, -0.1) is 0 Å². The lowest BCUT2D eigenvalue weighted by Gasteiger charge is -2.29. The Hall–Kier alpha value is -3.24. The molecule has 7 nitrogen and oxygen atoms in total. The molecule has 0 atom stereocenters. The Bertz CT molecular complexity index is 999. The predicted octanol–water partition coefficient (Wildman–Crippen LogP) is 2.65. The van der Waals surface area contributed by atoms with Crippen molar-refractivity contribution in [1.29, 1.82) is 5.26 Å². The van der Waals surface area contributed by atoms with Gasteiger partial charge in [0.25, 0.3) is 0 Å². The average Bonchev–Trinajstić information content (AvgIpc) is 2.69. The molecule has 3 aromatic rings. The summed E-state index contributed by atoms with van der Waals surface area (Å²) in [7, 11) is 2.13. The Kier molecular flexibility index (Phi) is 4.57. The first-order valence-corrected chi connectivity index (χ1v) is 9.02. The van der Waals surface area contributed by atoms with Crippen LogP contribution in [0.4, 0.5) is 11.8 Å². The Morgan fingerprint density at radius 1 is 1.07 bits per heavy atom. The number of aromatic nitrogens is 3. The minimum Gasteiger partial charge on any atom is -0.383 e. The first-order valence-electron chi connectivity index (χ1n) is 9.02. The summed E-state index contributed by atoms with van der Waals surface area (Å²) in [6.07, 6.45) is 2.10. The van der Waals surface area contributed by atoms with Crippen molar-refractivity contribution in [3.05, 3.63) is 42.0 Å². The summed E-state index contributed by atoms with van der Waals surface area (Å²) in [5.74, 6) is 0.952. The minimum atomic E-state index is 0.347. The molecule has 2 aromatic heterocycles. The van der Waals surface area contributed by atoms with E-state index in [0.717, 1.165) is 42.6 Å². The number of likely N-dealkylation sites (tertiary alicyclic amines) is 1. The number of nitrogens with two attached hydrogens (primary N) is 1. The molecule has 1 fully saturated rings. The normalized spacial score (nSPS) is 15.6. The van der Waals surface area contributed by atoms with Gasteiger partial charge in [-0.2, -0.15) is 15.2 Å². The van der Waals surface area contributed by atoms with Crippen molar-refractivity contribution in [2.45, 2.75) is 18.9 Å². The lowest BCUT2D eigenvalue weighted by Crippen LogP contribution is -2.37. The van der Waals surface area contributed by atoms with Gasteiger partial charge in [0.1, 0.15) is 5.82 Å². The number of nitrogens with one attached hydrogen (secondary N) is 1. The van der Waals surface area contributed by atoms with Crippen LogP contribution in [-0.2, 0) is 0 Å². The van der Waals surface area contributed by atoms with E-state index in [0.29, 0.717) is 29.0 Å². The standard InChI is InChI=1S/C20H21N7/c1-27-10-8-15(9-11-27)23-20-25-18(22)16-6-7-17(24-19(16)26-20)14-4-2-13(12-21)3-5-14/h2-7,15H,8-11H2,1H3,(H3,22,23,24,25,26). The fourth-order valence-corrected chi connectivity index (χ4v) is 3.31. The van der Waals surface area contributed by atoms with E-state index in [1.807, 2.05) is 24.3 Å². The van der Waals surface area contributed by atoms with Gasteiger partial charge in [-0.25, -0.2) is 4.98 Å². The molecule has 4 rings (SSSR count). The van der Waals surface area contributed by atoms with E-state index in [9.17, 15) is 0 Å². The van der Waals surface area contributed by atoms with Crippen LogP contribution in [-0.4, -0.2) is 46.0 Å². The van der Waals surface area contributed by atoms with Crippen LogP contribution in [0, 0.1) is 11.3 Å². The van der Waals surface area contributed by atoms with E-state index >= 15 is 0 Å². The third-order valence-corrected chi connectivity index (χ3v) is 4.95. The second-order valence-electron chi connectivity index (χ2n) is 6.91. The summed E-state index contributed by atoms with van der Waals surface area (Å²) < 4.78 is 0. The van der Waals surface area contributed by atoms with E-state index in [1.54, 1.807) is 12.1 Å². The molecule has 1 aliphatic heterocycles. The number of nitrogen functional groups attached to an aromatic ring is 1. The molecule has 7 heteroatoms. The van der Waals surface area contributed by atoms with Crippen molar-refractivity contribution in [1.82, 2.24) is 19.9 Å². The van der Waals surface area contributed by atoms with Gasteiger partial charge < -0.3 is 16.0 Å². The van der Waals surface area contributed by atoms with Crippen LogP contribution in [0.5, 0.6) is 0 Å². The molecule has 0 aliphatic carbocycles. The average molecular weight is 359 g/mol. The van der Waals surface area contributed by atoms with Gasteiger partial charge >= 0.3 is 0 Å². The molecule has 0 unspecified atom stereocenters. The van der Waals surface area contributed by atoms with Crippen molar-refractivity contribution >= 4 is 22.8 Å². The van der Waals surface area contributed by atoms with Crippen molar-refractivity contribution in [2.75, 3.05) is 31.2 Å². The molecule has 27 heavy (non-hydrogen) atoms. The molecule has 0 spiro atoms. The number of anilines is 2. The molecule has 0 saturated carbocycles. The van der Waals surface area contributed by atoms with E-state index in [1.165, 1.54) is 0 Å². The highest BCUT2D eigenvalue weighted by Crippen LogP contribution is 2.24. The number of hydrogen-bond donors (Lipinski definition) is 2. The van der Waals surface area contributed by atoms with Crippen LogP contribution >= 0.6 is 0 Å². The maximum Gasteiger partial charge on any atom is 0.226 e. The number of piperidine rings is 1. The van der Waals surface area contributed by atoms with Gasteiger partial charge in [0.15, 0.2) is 5.65 Å². The number of rotatable bonds is 3. The van der Waals surface area contributed by atoms with Crippen molar-refractivity contribution in [2.24, 2.45) is 0 Å². The highest BCUT2D eigenvalue weighted by atomic mass is 15.2. The van der Waals surface area contributed by atoms with Crippen LogP contribution in [0.15, 0.2) is 36.4 Å². The molecule has 3 N–H and O–H groups in total. The minimum absolute atomic E-state index is 0.347. The molecule has 3 heterocycles. The van der Waals surface area contributed by atoms with Gasteiger partial charge in [-0.1, -0.05) is 12.1 Å². The Morgan fingerprint density at radius 3 is 2.52 bits per heavy atom. The molecule has 1 aromatic carbocycles. The van der Waals surface area contributed by atoms with Gasteiger partial charge in [0, 0.05) is 11.6 Å². The molecule has 0 bridgehead atoms. The zero-order valence-electron chi connectivity index (χ0n) is 15.2. The maximum atomic E-state index is 8.94. The quantitative estimate of drug-likeness (QED) is 0.741. The lowest BCUT2D eigenvalue weighted by atomic mass is 10.1. The molecule has 1 aliphatic rings. The number of hydrogen-bond acceptors (Lipinski definition) is 7. The Morgan fingerprint density at radius 2 is 1.81 bits per heavy atom. The zero-order valence-corrected chi connectivity index (χ0v) is 15.2. The zero-order chi connectivity index (χ0) is 18.8. The van der Waals surface area contributed by atoms with Crippen LogP contribution in [0.2, 0.25) is 0 Å². The number of nitrogens with zero attached hydrogens (tertiary/aromatic N) is 5. The topological polar surface area (TPSA) is 104 Å². The summed E-state index contributed by atoms with van der Waals surface area (Å²) in [6.45, 7) is 2.11. The Balaban J connectivity index is 1.64. The van der Waals surface area contributed by atoms with Gasteiger partial charge in [-0.05, 0) is 57.2 Å². The predicted molar refractivity (Wildman–Crippen MR) is 106 cm³/mol. The summed E-state index contributed by atoms with van der Waals surface area (Å²) in [6, 6.07) is 13.6. The first-order chi connectivity index (χ1) is 13.1. The highest BCUT2D eigenvalue weighted by molar-refractivity contribution is 5.88. The summed E-state index contributed by atoms with van der Waals surface area (Å²) in [4.78, 5) is 16.0. The van der Waals surface area contributed by atoms with Crippen LogP contribution in [0.25, 0.3) is 22.3 Å². The number of benzene rings is 1. The van der Waals surface area contributed by atoms with E-state index in [4.69, 9.17) is 11.0 Å². The third kappa shape index (κ3) is 3.66. The van der Waals surface area contributed by atoms with Gasteiger partial charge in [0.2, 0.25) is 5.95 Å². The van der Waals surface area contributed by atoms with E-state index in [-0.39, 0.29) is 0 Å². The molecular formula is C20H21N7. The fourth-order valence-electron chi connectivity index (χ4n) is 3.31.